The van der Waals surface area contributed by atoms with E-state index in [9.17, 15) is 19.5 Å². The molecule has 0 bridgehead atoms. The van der Waals surface area contributed by atoms with Crippen LogP contribution in [0.25, 0.3) is 0 Å². The highest BCUT2D eigenvalue weighted by atomic mass is 16.5. The summed E-state index contributed by atoms with van der Waals surface area (Å²) in [7, 11) is 0. The van der Waals surface area contributed by atoms with E-state index in [-0.39, 0.29) is 18.5 Å². The summed E-state index contributed by atoms with van der Waals surface area (Å²) in [6.07, 6.45) is 9.34. The molecule has 1 saturated heterocycles. The van der Waals surface area contributed by atoms with E-state index in [1.807, 2.05) is 0 Å². The van der Waals surface area contributed by atoms with Crippen LogP contribution in [0.3, 0.4) is 0 Å². The fourth-order valence-electron chi connectivity index (χ4n) is 3.80. The summed E-state index contributed by atoms with van der Waals surface area (Å²) in [4.78, 5) is 37.8. The molecule has 0 aliphatic carbocycles. The number of likely N-dealkylation sites (tertiary alicyclic amines) is 1. The van der Waals surface area contributed by atoms with Crippen LogP contribution in [0.5, 0.6) is 0 Å². The molecule has 29 heavy (non-hydrogen) atoms. The third-order valence-corrected chi connectivity index (χ3v) is 5.41. The van der Waals surface area contributed by atoms with Gasteiger partial charge in [0.25, 0.3) is 0 Å². The van der Waals surface area contributed by atoms with Crippen LogP contribution >= 0.6 is 0 Å². The average molecular weight is 414 g/mol. The summed E-state index contributed by atoms with van der Waals surface area (Å²) in [5.41, 5.74) is 5.49. The standard InChI is InChI=1S/C21H39N3O5/c1-3-29-21(28)17(12-9-7-5-4-6-8-10-14-22)23-16(2)19(25)24-15-11-13-18(24)20(26)27/h16-18,23H,3-15,22H2,1-2H3,(H,26,27)/t16-,17+,18-/m0/s1. The Morgan fingerprint density at radius 1 is 1.14 bits per heavy atom. The predicted molar refractivity (Wildman–Crippen MR) is 111 cm³/mol. The number of unbranched alkanes of at least 4 members (excludes halogenated alkanes) is 6. The molecule has 1 fully saturated rings. The number of carboxylic acids is 1. The molecule has 3 atom stereocenters. The lowest BCUT2D eigenvalue weighted by atomic mass is 10.0. The molecule has 1 aliphatic heterocycles. The molecule has 8 nitrogen and oxygen atoms in total. The molecule has 8 heteroatoms. The number of hydrogen-bond donors (Lipinski definition) is 3. The molecule has 1 aliphatic rings. The van der Waals surface area contributed by atoms with Crippen LogP contribution < -0.4 is 11.1 Å². The number of esters is 1. The molecular formula is C21H39N3O5. The molecular weight excluding hydrogens is 374 g/mol. The maximum absolute atomic E-state index is 12.7. The van der Waals surface area contributed by atoms with Crippen molar-refractivity contribution in [1.29, 1.82) is 0 Å². The van der Waals surface area contributed by atoms with E-state index in [4.69, 9.17) is 10.5 Å². The Kier molecular flexibility index (Phi) is 12.5. The van der Waals surface area contributed by atoms with Gasteiger partial charge in [0.2, 0.25) is 5.91 Å². The van der Waals surface area contributed by atoms with Crippen LogP contribution in [0.2, 0.25) is 0 Å². The Hall–Kier alpha value is -1.67. The van der Waals surface area contributed by atoms with E-state index in [1.54, 1.807) is 13.8 Å². The number of carbonyl (C=O) groups is 3. The van der Waals surface area contributed by atoms with Gasteiger partial charge in [-0.1, -0.05) is 38.5 Å². The molecule has 0 spiro atoms. The third-order valence-electron chi connectivity index (χ3n) is 5.41. The van der Waals surface area contributed by atoms with Crippen molar-refractivity contribution < 1.29 is 24.2 Å². The van der Waals surface area contributed by atoms with E-state index in [0.29, 0.717) is 25.8 Å². The van der Waals surface area contributed by atoms with Gasteiger partial charge in [-0.25, -0.2) is 4.79 Å². The minimum absolute atomic E-state index is 0.274. The molecule has 1 heterocycles. The van der Waals surface area contributed by atoms with E-state index in [0.717, 1.165) is 45.1 Å². The van der Waals surface area contributed by atoms with Crippen molar-refractivity contribution in [2.24, 2.45) is 5.73 Å². The first-order valence-electron chi connectivity index (χ1n) is 11.1. The normalized spacial score (nSPS) is 18.4. The van der Waals surface area contributed by atoms with Gasteiger partial charge in [0, 0.05) is 6.54 Å². The fourth-order valence-corrected chi connectivity index (χ4v) is 3.80. The van der Waals surface area contributed by atoms with Crippen molar-refractivity contribution in [2.45, 2.75) is 96.2 Å². The first-order valence-corrected chi connectivity index (χ1v) is 11.1. The smallest absolute Gasteiger partial charge is 0.326 e. The van der Waals surface area contributed by atoms with Gasteiger partial charge in [0.05, 0.1) is 12.6 Å². The van der Waals surface area contributed by atoms with Crippen molar-refractivity contribution in [1.82, 2.24) is 10.2 Å². The summed E-state index contributed by atoms with van der Waals surface area (Å²) < 4.78 is 5.16. The van der Waals surface area contributed by atoms with Crippen LogP contribution in [0, 0.1) is 0 Å². The van der Waals surface area contributed by atoms with Gasteiger partial charge >= 0.3 is 11.9 Å². The van der Waals surface area contributed by atoms with Gasteiger partial charge < -0.3 is 20.5 Å². The lowest BCUT2D eigenvalue weighted by Gasteiger charge is -2.27. The number of nitrogens with one attached hydrogen (secondary N) is 1. The second-order valence-electron chi connectivity index (χ2n) is 7.77. The highest BCUT2D eigenvalue weighted by molar-refractivity contribution is 5.88. The number of rotatable bonds is 15. The van der Waals surface area contributed by atoms with Crippen molar-refractivity contribution >= 4 is 17.8 Å². The van der Waals surface area contributed by atoms with Crippen molar-refractivity contribution in [3.05, 3.63) is 0 Å². The SMILES string of the molecule is CCOC(=O)[C@@H](CCCCCCCCCN)N[C@@H](C)C(=O)N1CCC[C@H]1C(=O)O. The number of amides is 1. The molecule has 0 aromatic carbocycles. The molecule has 0 aromatic rings. The molecule has 168 valence electrons. The summed E-state index contributed by atoms with van der Waals surface area (Å²) in [5, 5.41) is 12.4. The summed E-state index contributed by atoms with van der Waals surface area (Å²) in [6.45, 7) is 4.91. The number of hydrogen-bond acceptors (Lipinski definition) is 6. The molecule has 0 saturated carbocycles. The topological polar surface area (TPSA) is 122 Å². The number of nitrogens with zero attached hydrogens (tertiary/aromatic N) is 1. The Bertz CT molecular complexity index is 515. The molecule has 0 radical (unpaired) electrons. The quantitative estimate of drug-likeness (QED) is 0.277. The number of carbonyl (C=O) groups excluding carboxylic acids is 2. The lowest BCUT2D eigenvalue weighted by molar-refractivity contribution is -0.150. The number of ether oxygens (including phenoxy) is 1. The third kappa shape index (κ3) is 9.12. The van der Waals surface area contributed by atoms with Gasteiger partial charge in [-0.05, 0) is 46.1 Å². The van der Waals surface area contributed by atoms with Gasteiger partial charge in [0.1, 0.15) is 12.1 Å². The average Bonchev–Trinajstić information content (AvgIpc) is 3.18. The Labute approximate surface area is 174 Å². The van der Waals surface area contributed by atoms with Crippen LogP contribution in [0.4, 0.5) is 0 Å². The predicted octanol–water partition coefficient (Wildman–Crippen LogP) is 2.05. The van der Waals surface area contributed by atoms with Gasteiger partial charge in [-0.3, -0.25) is 14.9 Å². The molecule has 4 N–H and O–H groups in total. The fraction of sp³-hybridized carbons (Fsp3) is 0.857. The number of carboxylic acid groups (broad SMARTS) is 1. The molecule has 1 rings (SSSR count). The van der Waals surface area contributed by atoms with E-state index in [2.05, 4.69) is 5.32 Å². The zero-order chi connectivity index (χ0) is 21.6. The van der Waals surface area contributed by atoms with Gasteiger partial charge in [0.15, 0.2) is 0 Å². The monoisotopic (exact) mass is 413 g/mol. The van der Waals surface area contributed by atoms with Crippen LogP contribution in [0.1, 0.15) is 78.1 Å². The minimum atomic E-state index is -0.976. The number of nitrogens with two attached hydrogens (primary N) is 1. The molecule has 0 aromatic heterocycles. The van der Waals surface area contributed by atoms with E-state index < -0.39 is 24.1 Å². The Balaban J connectivity index is 2.49. The largest absolute Gasteiger partial charge is 0.480 e. The second-order valence-corrected chi connectivity index (χ2v) is 7.77. The van der Waals surface area contributed by atoms with E-state index in [1.165, 1.54) is 11.3 Å². The summed E-state index contributed by atoms with van der Waals surface area (Å²) in [6, 6.07) is -1.97. The summed E-state index contributed by atoms with van der Waals surface area (Å²) >= 11 is 0. The van der Waals surface area contributed by atoms with Crippen LogP contribution in [-0.2, 0) is 19.1 Å². The maximum Gasteiger partial charge on any atom is 0.326 e. The zero-order valence-corrected chi connectivity index (χ0v) is 18.0. The Morgan fingerprint density at radius 2 is 1.76 bits per heavy atom. The first-order chi connectivity index (χ1) is 13.9. The molecule has 1 amide bonds. The highest BCUT2D eigenvalue weighted by Crippen LogP contribution is 2.19. The van der Waals surface area contributed by atoms with Crippen molar-refractivity contribution in [3.8, 4) is 0 Å². The first kappa shape index (κ1) is 25.4. The minimum Gasteiger partial charge on any atom is -0.480 e. The maximum atomic E-state index is 12.7. The zero-order valence-electron chi connectivity index (χ0n) is 18.0. The molecule has 0 unspecified atom stereocenters. The van der Waals surface area contributed by atoms with Gasteiger partial charge in [-0.15, -0.1) is 0 Å². The lowest BCUT2D eigenvalue weighted by Crippen LogP contribution is -2.53. The summed E-state index contributed by atoms with van der Waals surface area (Å²) in [5.74, 6) is -1.60. The number of aliphatic carboxylic acids is 1. The van der Waals surface area contributed by atoms with Crippen molar-refractivity contribution in [2.75, 3.05) is 19.7 Å². The van der Waals surface area contributed by atoms with Crippen LogP contribution in [-0.4, -0.2) is 65.7 Å². The highest BCUT2D eigenvalue weighted by Gasteiger charge is 2.36. The second kappa shape index (κ2) is 14.3. The van der Waals surface area contributed by atoms with E-state index >= 15 is 0 Å². The van der Waals surface area contributed by atoms with Crippen LogP contribution in [0.15, 0.2) is 0 Å². The van der Waals surface area contributed by atoms with Crippen molar-refractivity contribution in [3.63, 3.8) is 0 Å². The Morgan fingerprint density at radius 3 is 2.34 bits per heavy atom. The van der Waals surface area contributed by atoms with Gasteiger partial charge in [-0.2, -0.15) is 0 Å².